The average Bonchev–Trinajstić information content (AvgIpc) is 3.13. The molecular weight excluding hydrogens is 362 g/mol. The zero-order valence-corrected chi connectivity index (χ0v) is 17.3. The molecule has 1 aromatic heterocycles. The van der Waals surface area contributed by atoms with Crippen LogP contribution in [-0.4, -0.2) is 35.0 Å². The monoisotopic (exact) mass is 393 g/mol. The summed E-state index contributed by atoms with van der Waals surface area (Å²) in [5, 5.41) is 6.42. The maximum Gasteiger partial charge on any atom is 0.270 e. The molecule has 1 aliphatic heterocycles. The largest absolute Gasteiger partial charge is 0.372 e. The van der Waals surface area contributed by atoms with Crippen molar-refractivity contribution < 1.29 is 4.79 Å². The van der Waals surface area contributed by atoms with Gasteiger partial charge >= 0.3 is 0 Å². The lowest BCUT2D eigenvalue weighted by Gasteiger charge is -2.18. The van der Waals surface area contributed by atoms with Crippen LogP contribution in [0.2, 0.25) is 0 Å². The van der Waals surface area contributed by atoms with Crippen molar-refractivity contribution in [3.8, 4) is 0 Å². The standard InChI is InChI=1S/C23H31N5O/c1-17-16-21(22(29)25-18-8-4-2-3-5-9-18)27-23(24-17)26-19-10-12-20(13-11-19)28-14-6-7-15-28/h10-13,16,18H,2-9,14-15H2,1H3,(H,25,29)(H,24,26,27). The lowest BCUT2D eigenvalue weighted by atomic mass is 10.1. The third-order valence-corrected chi connectivity index (χ3v) is 5.87. The van der Waals surface area contributed by atoms with Gasteiger partial charge in [0.1, 0.15) is 5.69 Å². The number of nitrogens with one attached hydrogen (secondary N) is 2. The lowest BCUT2D eigenvalue weighted by Crippen LogP contribution is -2.35. The first-order chi connectivity index (χ1) is 14.2. The van der Waals surface area contributed by atoms with E-state index in [1.54, 1.807) is 6.07 Å². The highest BCUT2D eigenvalue weighted by Crippen LogP contribution is 2.23. The molecule has 0 unspecified atom stereocenters. The number of benzene rings is 1. The van der Waals surface area contributed by atoms with E-state index in [2.05, 4.69) is 37.6 Å². The number of amides is 1. The summed E-state index contributed by atoms with van der Waals surface area (Å²) in [4.78, 5) is 24.1. The lowest BCUT2D eigenvalue weighted by molar-refractivity contribution is 0.0928. The normalized spacial score (nSPS) is 17.8. The van der Waals surface area contributed by atoms with Crippen LogP contribution in [0.5, 0.6) is 0 Å². The number of hydrogen-bond donors (Lipinski definition) is 2. The summed E-state index contributed by atoms with van der Waals surface area (Å²) >= 11 is 0. The van der Waals surface area contributed by atoms with Crippen LogP contribution < -0.4 is 15.5 Å². The molecule has 6 nitrogen and oxygen atoms in total. The van der Waals surface area contributed by atoms with Crippen molar-refractivity contribution in [3.05, 3.63) is 41.7 Å². The van der Waals surface area contributed by atoms with E-state index in [-0.39, 0.29) is 11.9 Å². The zero-order valence-electron chi connectivity index (χ0n) is 17.3. The molecule has 154 valence electrons. The molecule has 2 fully saturated rings. The van der Waals surface area contributed by atoms with Crippen molar-refractivity contribution in [2.24, 2.45) is 0 Å². The van der Waals surface area contributed by atoms with Crippen LogP contribution in [-0.2, 0) is 0 Å². The Morgan fingerprint density at radius 2 is 1.66 bits per heavy atom. The SMILES string of the molecule is Cc1cc(C(=O)NC2CCCCCC2)nc(Nc2ccc(N3CCCC3)cc2)n1. The highest BCUT2D eigenvalue weighted by atomic mass is 16.1. The molecule has 2 aliphatic rings. The summed E-state index contributed by atoms with van der Waals surface area (Å²) < 4.78 is 0. The van der Waals surface area contributed by atoms with Gasteiger partial charge in [-0.15, -0.1) is 0 Å². The fourth-order valence-corrected chi connectivity index (χ4v) is 4.28. The molecule has 2 N–H and O–H groups in total. The third kappa shape index (κ3) is 5.25. The molecule has 1 aliphatic carbocycles. The molecule has 0 radical (unpaired) electrons. The Kier molecular flexibility index (Phi) is 6.27. The average molecular weight is 394 g/mol. The number of carbonyl (C=O) groups is 1. The first-order valence-electron chi connectivity index (χ1n) is 11.0. The predicted molar refractivity (Wildman–Crippen MR) is 117 cm³/mol. The summed E-state index contributed by atoms with van der Waals surface area (Å²) in [7, 11) is 0. The van der Waals surface area contributed by atoms with E-state index in [0.29, 0.717) is 11.6 Å². The van der Waals surface area contributed by atoms with Gasteiger partial charge in [0.15, 0.2) is 0 Å². The van der Waals surface area contributed by atoms with Gasteiger partial charge in [0.2, 0.25) is 5.95 Å². The highest BCUT2D eigenvalue weighted by molar-refractivity contribution is 5.92. The minimum absolute atomic E-state index is 0.102. The Balaban J connectivity index is 1.42. The smallest absolute Gasteiger partial charge is 0.270 e. The molecule has 0 spiro atoms. The third-order valence-electron chi connectivity index (χ3n) is 5.87. The maximum absolute atomic E-state index is 12.7. The molecule has 0 bridgehead atoms. The Morgan fingerprint density at radius 3 is 2.34 bits per heavy atom. The van der Waals surface area contributed by atoms with Crippen LogP contribution in [0.4, 0.5) is 17.3 Å². The van der Waals surface area contributed by atoms with Gasteiger partial charge in [-0.1, -0.05) is 25.7 Å². The molecule has 2 aromatic rings. The van der Waals surface area contributed by atoms with Crippen LogP contribution in [0.1, 0.15) is 67.5 Å². The van der Waals surface area contributed by atoms with E-state index in [4.69, 9.17) is 0 Å². The number of nitrogens with zero attached hydrogens (tertiary/aromatic N) is 3. The summed E-state index contributed by atoms with van der Waals surface area (Å²) in [6, 6.07) is 10.4. The Labute approximate surface area is 173 Å². The van der Waals surface area contributed by atoms with E-state index in [1.807, 2.05) is 19.1 Å². The molecule has 1 amide bonds. The fraction of sp³-hybridized carbons (Fsp3) is 0.522. The topological polar surface area (TPSA) is 70.2 Å². The van der Waals surface area contributed by atoms with Crippen molar-refractivity contribution >= 4 is 23.2 Å². The van der Waals surface area contributed by atoms with Gasteiger partial charge in [-0.2, -0.15) is 0 Å². The quantitative estimate of drug-likeness (QED) is 0.728. The van der Waals surface area contributed by atoms with Gasteiger partial charge in [0, 0.05) is 36.2 Å². The molecule has 1 aromatic carbocycles. The van der Waals surface area contributed by atoms with Crippen LogP contribution in [0.15, 0.2) is 30.3 Å². The van der Waals surface area contributed by atoms with Crippen LogP contribution >= 0.6 is 0 Å². The van der Waals surface area contributed by atoms with Gasteiger partial charge in [0.25, 0.3) is 5.91 Å². The zero-order chi connectivity index (χ0) is 20.1. The first kappa shape index (κ1) is 19.7. The van der Waals surface area contributed by atoms with E-state index >= 15 is 0 Å². The summed E-state index contributed by atoms with van der Waals surface area (Å²) in [5.74, 6) is 0.361. The molecule has 0 atom stereocenters. The minimum Gasteiger partial charge on any atom is -0.372 e. The second kappa shape index (κ2) is 9.25. The number of carbonyl (C=O) groups excluding carboxylic acids is 1. The van der Waals surface area contributed by atoms with Crippen molar-refractivity contribution in [3.63, 3.8) is 0 Å². The fourth-order valence-electron chi connectivity index (χ4n) is 4.28. The van der Waals surface area contributed by atoms with Crippen LogP contribution in [0.3, 0.4) is 0 Å². The number of aryl methyl sites for hydroxylation is 1. The Morgan fingerprint density at radius 1 is 0.966 bits per heavy atom. The van der Waals surface area contributed by atoms with E-state index in [1.165, 1.54) is 44.2 Å². The molecule has 4 rings (SSSR count). The predicted octanol–water partition coefficient (Wildman–Crippen LogP) is 4.58. The minimum atomic E-state index is -0.102. The first-order valence-corrected chi connectivity index (χ1v) is 11.0. The van der Waals surface area contributed by atoms with Crippen molar-refractivity contribution in [1.29, 1.82) is 0 Å². The number of hydrogen-bond acceptors (Lipinski definition) is 5. The van der Waals surface area contributed by atoms with E-state index < -0.39 is 0 Å². The Hall–Kier alpha value is -2.63. The molecule has 1 saturated heterocycles. The second-order valence-corrected chi connectivity index (χ2v) is 8.25. The van der Waals surface area contributed by atoms with Crippen molar-refractivity contribution in [2.75, 3.05) is 23.3 Å². The van der Waals surface area contributed by atoms with Gasteiger partial charge < -0.3 is 15.5 Å². The molecule has 29 heavy (non-hydrogen) atoms. The molecular formula is C23H31N5O. The molecule has 2 heterocycles. The second-order valence-electron chi connectivity index (χ2n) is 8.25. The van der Waals surface area contributed by atoms with E-state index in [0.717, 1.165) is 37.3 Å². The van der Waals surface area contributed by atoms with Gasteiger partial charge in [0.05, 0.1) is 0 Å². The highest BCUT2D eigenvalue weighted by Gasteiger charge is 2.18. The maximum atomic E-state index is 12.7. The van der Waals surface area contributed by atoms with Crippen molar-refractivity contribution in [2.45, 2.75) is 64.3 Å². The Bertz CT molecular complexity index is 822. The number of rotatable bonds is 5. The summed E-state index contributed by atoms with van der Waals surface area (Å²) in [6.07, 6.45) is 9.56. The van der Waals surface area contributed by atoms with Crippen LogP contribution in [0.25, 0.3) is 0 Å². The van der Waals surface area contributed by atoms with Crippen LogP contribution in [0, 0.1) is 6.92 Å². The van der Waals surface area contributed by atoms with E-state index in [9.17, 15) is 4.79 Å². The number of aromatic nitrogens is 2. The summed E-state index contributed by atoms with van der Waals surface area (Å²) in [5.41, 5.74) is 3.38. The number of anilines is 3. The van der Waals surface area contributed by atoms with Gasteiger partial charge in [-0.25, -0.2) is 9.97 Å². The van der Waals surface area contributed by atoms with Gasteiger partial charge in [-0.05, 0) is 62.9 Å². The summed E-state index contributed by atoms with van der Waals surface area (Å²) in [6.45, 7) is 4.16. The van der Waals surface area contributed by atoms with Gasteiger partial charge in [-0.3, -0.25) is 4.79 Å². The van der Waals surface area contributed by atoms with Crippen molar-refractivity contribution in [1.82, 2.24) is 15.3 Å². The molecule has 1 saturated carbocycles. The molecule has 6 heteroatoms.